The standard InChI is InChI=1S/C17H21FN2O/c1-5-20-12(3)9-15(13(20)4)17(21)19-10-14-6-7-16(18)11(2)8-14/h6-9H,5,10H2,1-4H3,(H,19,21). The van der Waals surface area contributed by atoms with Crippen molar-refractivity contribution in [3.05, 3.63) is 58.2 Å². The molecule has 112 valence electrons. The second-order valence-corrected chi connectivity index (χ2v) is 5.30. The van der Waals surface area contributed by atoms with Gasteiger partial charge >= 0.3 is 0 Å². The fraction of sp³-hybridized carbons (Fsp3) is 0.353. The van der Waals surface area contributed by atoms with Crippen LogP contribution in [0.5, 0.6) is 0 Å². The van der Waals surface area contributed by atoms with Crippen LogP contribution in [-0.2, 0) is 13.1 Å². The molecule has 0 saturated carbocycles. The lowest BCUT2D eigenvalue weighted by atomic mass is 10.1. The maximum Gasteiger partial charge on any atom is 0.253 e. The fourth-order valence-corrected chi connectivity index (χ4v) is 2.61. The molecule has 0 radical (unpaired) electrons. The zero-order valence-corrected chi connectivity index (χ0v) is 13.0. The first kappa shape index (κ1) is 15.3. The minimum Gasteiger partial charge on any atom is -0.349 e. The average Bonchev–Trinajstić information content (AvgIpc) is 2.74. The summed E-state index contributed by atoms with van der Waals surface area (Å²) in [6.45, 7) is 8.97. The molecule has 1 aromatic heterocycles. The molecule has 1 amide bonds. The van der Waals surface area contributed by atoms with Crippen LogP contribution in [0.15, 0.2) is 24.3 Å². The Morgan fingerprint density at radius 2 is 1.95 bits per heavy atom. The number of rotatable bonds is 4. The molecule has 21 heavy (non-hydrogen) atoms. The number of aryl methyl sites for hydroxylation is 2. The van der Waals surface area contributed by atoms with Crippen LogP contribution >= 0.6 is 0 Å². The summed E-state index contributed by atoms with van der Waals surface area (Å²) < 4.78 is 15.3. The zero-order valence-electron chi connectivity index (χ0n) is 13.0. The van der Waals surface area contributed by atoms with Crippen molar-refractivity contribution >= 4 is 5.91 Å². The van der Waals surface area contributed by atoms with Gasteiger partial charge in [-0.1, -0.05) is 12.1 Å². The van der Waals surface area contributed by atoms with Gasteiger partial charge in [0.2, 0.25) is 0 Å². The molecule has 0 fully saturated rings. The number of hydrogen-bond donors (Lipinski definition) is 1. The van der Waals surface area contributed by atoms with Gasteiger partial charge in [-0.2, -0.15) is 0 Å². The number of aromatic nitrogens is 1. The second-order valence-electron chi connectivity index (χ2n) is 5.30. The zero-order chi connectivity index (χ0) is 15.6. The Bertz CT molecular complexity index is 674. The third kappa shape index (κ3) is 3.15. The van der Waals surface area contributed by atoms with E-state index < -0.39 is 0 Å². The first-order valence-electron chi connectivity index (χ1n) is 7.14. The third-order valence-electron chi connectivity index (χ3n) is 3.81. The van der Waals surface area contributed by atoms with E-state index in [0.29, 0.717) is 17.7 Å². The lowest BCUT2D eigenvalue weighted by Gasteiger charge is -2.08. The topological polar surface area (TPSA) is 34.0 Å². The van der Waals surface area contributed by atoms with Crippen LogP contribution in [0.2, 0.25) is 0 Å². The molecule has 0 spiro atoms. The number of nitrogens with one attached hydrogen (secondary N) is 1. The van der Waals surface area contributed by atoms with Crippen molar-refractivity contribution in [1.82, 2.24) is 9.88 Å². The molecule has 0 saturated heterocycles. The van der Waals surface area contributed by atoms with Gasteiger partial charge < -0.3 is 9.88 Å². The van der Waals surface area contributed by atoms with Crippen LogP contribution < -0.4 is 5.32 Å². The van der Waals surface area contributed by atoms with E-state index in [1.165, 1.54) is 6.07 Å². The lowest BCUT2D eigenvalue weighted by Crippen LogP contribution is -2.23. The Kier molecular flexibility index (Phi) is 4.46. The van der Waals surface area contributed by atoms with Crippen LogP contribution in [0.4, 0.5) is 4.39 Å². The maximum absolute atomic E-state index is 13.2. The summed E-state index contributed by atoms with van der Waals surface area (Å²) in [5.41, 5.74) is 4.24. The first-order valence-corrected chi connectivity index (χ1v) is 7.14. The fourth-order valence-electron chi connectivity index (χ4n) is 2.61. The van der Waals surface area contributed by atoms with E-state index in [9.17, 15) is 9.18 Å². The monoisotopic (exact) mass is 288 g/mol. The van der Waals surface area contributed by atoms with Crippen molar-refractivity contribution in [2.75, 3.05) is 0 Å². The predicted octanol–water partition coefficient (Wildman–Crippen LogP) is 3.50. The molecule has 0 aliphatic carbocycles. The Hall–Kier alpha value is -2.10. The van der Waals surface area contributed by atoms with E-state index >= 15 is 0 Å². The van der Waals surface area contributed by atoms with E-state index in [1.807, 2.05) is 19.9 Å². The van der Waals surface area contributed by atoms with Crippen molar-refractivity contribution in [3.63, 3.8) is 0 Å². The summed E-state index contributed by atoms with van der Waals surface area (Å²) in [6.07, 6.45) is 0. The smallest absolute Gasteiger partial charge is 0.253 e. The van der Waals surface area contributed by atoms with Crippen molar-refractivity contribution in [2.24, 2.45) is 0 Å². The van der Waals surface area contributed by atoms with Gasteiger partial charge in [0, 0.05) is 24.5 Å². The van der Waals surface area contributed by atoms with Gasteiger partial charge in [0.05, 0.1) is 5.56 Å². The highest BCUT2D eigenvalue weighted by Crippen LogP contribution is 2.15. The molecule has 0 unspecified atom stereocenters. The summed E-state index contributed by atoms with van der Waals surface area (Å²) >= 11 is 0. The molecule has 1 N–H and O–H groups in total. The van der Waals surface area contributed by atoms with E-state index in [0.717, 1.165) is 23.5 Å². The van der Waals surface area contributed by atoms with Crippen LogP contribution in [-0.4, -0.2) is 10.5 Å². The number of halogens is 1. The van der Waals surface area contributed by atoms with Crippen LogP contribution in [0, 0.1) is 26.6 Å². The average molecular weight is 288 g/mol. The summed E-state index contributed by atoms with van der Waals surface area (Å²) in [6, 6.07) is 6.78. The molecule has 1 aromatic carbocycles. The number of amides is 1. The summed E-state index contributed by atoms with van der Waals surface area (Å²) in [5.74, 6) is -0.318. The van der Waals surface area contributed by atoms with E-state index in [-0.39, 0.29) is 11.7 Å². The Morgan fingerprint density at radius 1 is 1.24 bits per heavy atom. The Morgan fingerprint density at radius 3 is 2.52 bits per heavy atom. The predicted molar refractivity (Wildman–Crippen MR) is 81.9 cm³/mol. The SMILES string of the molecule is CCn1c(C)cc(C(=O)NCc2ccc(F)c(C)c2)c1C. The van der Waals surface area contributed by atoms with Crippen LogP contribution in [0.3, 0.4) is 0 Å². The van der Waals surface area contributed by atoms with E-state index in [4.69, 9.17) is 0 Å². The van der Waals surface area contributed by atoms with Crippen molar-refractivity contribution < 1.29 is 9.18 Å². The molecule has 3 nitrogen and oxygen atoms in total. The Balaban J connectivity index is 2.10. The van der Waals surface area contributed by atoms with Gasteiger partial charge in [0.15, 0.2) is 0 Å². The number of carbonyl (C=O) groups is 1. The lowest BCUT2D eigenvalue weighted by molar-refractivity contribution is 0.0950. The molecule has 0 aliphatic rings. The summed E-state index contributed by atoms with van der Waals surface area (Å²) in [7, 11) is 0. The number of benzene rings is 1. The van der Waals surface area contributed by atoms with E-state index in [1.54, 1.807) is 19.1 Å². The van der Waals surface area contributed by atoms with Gasteiger partial charge in [-0.3, -0.25) is 4.79 Å². The quantitative estimate of drug-likeness (QED) is 0.918. The Labute approximate surface area is 124 Å². The number of hydrogen-bond acceptors (Lipinski definition) is 1. The van der Waals surface area contributed by atoms with Crippen LogP contribution in [0.1, 0.15) is 39.8 Å². The molecule has 2 aromatic rings. The first-order chi connectivity index (χ1) is 9.93. The van der Waals surface area contributed by atoms with E-state index in [2.05, 4.69) is 16.8 Å². The third-order valence-corrected chi connectivity index (χ3v) is 3.81. The number of nitrogens with zero attached hydrogens (tertiary/aromatic N) is 1. The molecule has 0 bridgehead atoms. The van der Waals surface area contributed by atoms with Gasteiger partial charge in [0.25, 0.3) is 5.91 Å². The minimum atomic E-state index is -0.225. The molecule has 4 heteroatoms. The van der Waals surface area contributed by atoms with Gasteiger partial charge in [-0.25, -0.2) is 4.39 Å². The molecule has 0 atom stereocenters. The minimum absolute atomic E-state index is 0.0928. The highest BCUT2D eigenvalue weighted by molar-refractivity contribution is 5.95. The van der Waals surface area contributed by atoms with Gasteiger partial charge in [0.1, 0.15) is 5.82 Å². The normalized spacial score (nSPS) is 10.7. The molecular formula is C17H21FN2O. The molecule has 0 aliphatic heterocycles. The largest absolute Gasteiger partial charge is 0.349 e. The highest BCUT2D eigenvalue weighted by Gasteiger charge is 2.14. The highest BCUT2D eigenvalue weighted by atomic mass is 19.1. The summed E-state index contributed by atoms with van der Waals surface area (Å²) in [4.78, 5) is 12.3. The van der Waals surface area contributed by atoms with Crippen LogP contribution in [0.25, 0.3) is 0 Å². The molecule has 1 heterocycles. The van der Waals surface area contributed by atoms with Crippen molar-refractivity contribution in [3.8, 4) is 0 Å². The van der Waals surface area contributed by atoms with Crippen molar-refractivity contribution in [2.45, 2.75) is 40.8 Å². The molecular weight excluding hydrogens is 267 g/mol. The van der Waals surface area contributed by atoms with Gasteiger partial charge in [-0.15, -0.1) is 0 Å². The van der Waals surface area contributed by atoms with Crippen molar-refractivity contribution in [1.29, 1.82) is 0 Å². The molecule has 2 rings (SSSR count). The summed E-state index contributed by atoms with van der Waals surface area (Å²) in [5, 5.41) is 2.89. The number of carbonyl (C=O) groups excluding carboxylic acids is 1. The maximum atomic E-state index is 13.2. The second kappa shape index (κ2) is 6.12. The van der Waals surface area contributed by atoms with Gasteiger partial charge in [-0.05, 0) is 51.0 Å².